The smallest absolute Gasteiger partial charge is 0.307 e. The van der Waals surface area contributed by atoms with E-state index in [9.17, 15) is 43.3 Å². The van der Waals surface area contributed by atoms with Crippen molar-refractivity contribution in [3.63, 3.8) is 0 Å². The van der Waals surface area contributed by atoms with E-state index in [1.165, 1.54) is 48.5 Å². The third-order valence-electron chi connectivity index (χ3n) is 9.79. The average molecular weight is 1070 g/mol. The molecular weight excluding hydrogens is 1020 g/mol. The van der Waals surface area contributed by atoms with E-state index in [-0.39, 0.29) is 56.1 Å². The molecule has 67 heavy (non-hydrogen) atoms. The second kappa shape index (κ2) is 23.0. The number of hydrogen-bond donors (Lipinski definition) is 2. The van der Waals surface area contributed by atoms with Crippen LogP contribution >= 0.6 is 46.4 Å². The summed E-state index contributed by atoms with van der Waals surface area (Å²) in [5, 5.41) is 10.1. The number of anilines is 1. The maximum absolute atomic E-state index is 12.5. The molecule has 3 N–H and O–H groups in total. The van der Waals surface area contributed by atoms with Gasteiger partial charge in [0.1, 0.15) is 5.78 Å². The summed E-state index contributed by atoms with van der Waals surface area (Å²) in [6.45, 7) is 3.19. The Bertz CT molecular complexity index is 3170. The molecule has 356 valence electrons. The number of benzene rings is 6. The minimum Gasteiger partial charge on any atom is -0.481 e. The van der Waals surface area contributed by atoms with Gasteiger partial charge in [0.05, 0.1) is 57.6 Å². The van der Waals surface area contributed by atoms with Crippen molar-refractivity contribution in [1.82, 2.24) is 0 Å². The van der Waals surface area contributed by atoms with Crippen LogP contribution < -0.4 is 5.73 Å². The van der Waals surface area contributed by atoms with Gasteiger partial charge in [0, 0.05) is 42.2 Å². The highest BCUT2D eigenvalue weighted by Crippen LogP contribution is 2.38. The highest BCUT2D eigenvalue weighted by molar-refractivity contribution is 7.92. The Morgan fingerprint density at radius 2 is 0.761 bits per heavy atom. The van der Waals surface area contributed by atoms with Crippen LogP contribution in [0.4, 0.5) is 5.69 Å². The Morgan fingerprint density at radius 1 is 0.463 bits per heavy atom. The van der Waals surface area contributed by atoms with Crippen LogP contribution in [0.25, 0.3) is 22.3 Å². The Hall–Kier alpha value is -4.78. The number of nitrogen functional groups attached to an aromatic ring is 1. The third-order valence-corrected chi connectivity index (χ3v) is 16.7. The number of aliphatic carboxylic acids is 1. The number of halogens is 4. The quantitative estimate of drug-likeness (QED) is 0.0975. The average Bonchev–Trinajstić information content (AvgIpc) is 3.23. The van der Waals surface area contributed by atoms with Gasteiger partial charge in [0.2, 0.25) is 0 Å². The summed E-state index contributed by atoms with van der Waals surface area (Å²) >= 11 is 25.2. The van der Waals surface area contributed by atoms with E-state index >= 15 is 0 Å². The fourth-order valence-electron chi connectivity index (χ4n) is 6.26. The largest absolute Gasteiger partial charge is 0.481 e. The highest BCUT2D eigenvalue weighted by Gasteiger charge is 2.17. The van der Waals surface area contributed by atoms with Gasteiger partial charge < -0.3 is 10.8 Å². The van der Waals surface area contributed by atoms with Crippen molar-refractivity contribution in [3.05, 3.63) is 158 Å². The molecule has 0 aliphatic carbocycles. The second-order valence-corrected chi connectivity index (χ2v) is 25.2. The molecule has 0 heterocycles. The molecule has 0 fully saturated rings. The van der Waals surface area contributed by atoms with Gasteiger partial charge in [-0.3, -0.25) is 9.59 Å². The van der Waals surface area contributed by atoms with Crippen molar-refractivity contribution in [2.24, 2.45) is 0 Å². The molecule has 20 heteroatoms. The second-order valence-electron chi connectivity index (χ2n) is 14.9. The van der Waals surface area contributed by atoms with Crippen LogP contribution in [0.5, 0.6) is 0 Å². The lowest BCUT2D eigenvalue weighted by Crippen LogP contribution is -2.07. The summed E-state index contributed by atoms with van der Waals surface area (Å²) in [6.07, 6.45) is 2.41. The number of carboxylic acid groups (broad SMARTS) is 1. The van der Waals surface area contributed by atoms with Gasteiger partial charge in [-0.2, -0.15) is 0 Å². The van der Waals surface area contributed by atoms with Crippen molar-refractivity contribution in [2.45, 2.75) is 52.7 Å². The molecule has 6 aromatic carbocycles. The zero-order valence-electron chi connectivity index (χ0n) is 36.3. The first kappa shape index (κ1) is 54.8. The lowest BCUT2D eigenvalue weighted by atomic mass is 9.99. The summed E-state index contributed by atoms with van der Waals surface area (Å²) in [5.74, 6) is -0.929. The number of hydrogen-bond acceptors (Lipinski definition) is 11. The normalized spacial score (nSPS) is 11.7. The molecule has 0 aromatic heterocycles. The molecule has 6 aromatic rings. The van der Waals surface area contributed by atoms with Crippen molar-refractivity contribution in [3.8, 4) is 22.3 Å². The van der Waals surface area contributed by atoms with Crippen LogP contribution in [0, 0.1) is 0 Å². The summed E-state index contributed by atoms with van der Waals surface area (Å²) in [5.41, 5.74) is 10.7. The topological polar surface area (TPSA) is 217 Å². The van der Waals surface area contributed by atoms with E-state index in [1.807, 2.05) is 0 Å². The monoisotopic (exact) mass is 1070 g/mol. The lowest BCUT2D eigenvalue weighted by Gasteiger charge is -2.11. The molecule has 0 atom stereocenters. The molecule has 0 spiro atoms. The van der Waals surface area contributed by atoms with Crippen molar-refractivity contribution >= 4 is 103 Å². The van der Waals surface area contributed by atoms with E-state index in [0.717, 1.165) is 18.1 Å². The van der Waals surface area contributed by atoms with Gasteiger partial charge in [0.25, 0.3) is 0 Å². The summed E-state index contributed by atoms with van der Waals surface area (Å²) in [6, 6.07) is 31.4. The number of ketones is 1. The highest BCUT2D eigenvalue weighted by atomic mass is 35.5. The summed E-state index contributed by atoms with van der Waals surface area (Å²) in [7, 11) is -13.0. The fraction of sp³-hybridized carbons (Fsp3) is 0.191. The molecular formula is C47H45Cl4NO11S4. The molecule has 0 unspecified atom stereocenters. The number of carbonyl (C=O) groups is 2. The van der Waals surface area contributed by atoms with Crippen LogP contribution in [0.3, 0.4) is 0 Å². The van der Waals surface area contributed by atoms with Gasteiger partial charge in [-0.05, 0) is 101 Å². The van der Waals surface area contributed by atoms with Gasteiger partial charge >= 0.3 is 5.97 Å². The Labute approximate surface area is 411 Å². The number of sulfone groups is 4. The summed E-state index contributed by atoms with van der Waals surface area (Å²) in [4.78, 5) is 23.8. The molecule has 6 rings (SSSR count). The molecule has 0 amide bonds. The van der Waals surface area contributed by atoms with Crippen molar-refractivity contribution < 1.29 is 48.4 Å². The van der Waals surface area contributed by atoms with Crippen molar-refractivity contribution in [2.75, 3.05) is 29.8 Å². The molecule has 0 bridgehead atoms. The summed E-state index contributed by atoms with van der Waals surface area (Å²) < 4.78 is 92.8. The zero-order valence-corrected chi connectivity index (χ0v) is 42.6. The van der Waals surface area contributed by atoms with Crippen LogP contribution in [0.1, 0.15) is 30.5 Å². The predicted octanol–water partition coefficient (Wildman–Crippen LogP) is 9.97. The fourth-order valence-corrected chi connectivity index (χ4v) is 10.8. The number of rotatable bonds is 14. The van der Waals surface area contributed by atoms with E-state index < -0.39 is 45.3 Å². The molecule has 0 saturated heterocycles. The number of nitrogens with two attached hydrogens (primary N) is 1. The number of carboxylic acids is 1. The first-order chi connectivity index (χ1) is 31.1. The minimum absolute atomic E-state index is 0.0123. The number of carbonyl (C=O) groups excluding carboxylic acids is 1. The predicted molar refractivity (Wildman–Crippen MR) is 267 cm³/mol. The van der Waals surface area contributed by atoms with Crippen molar-refractivity contribution in [1.29, 1.82) is 0 Å². The Morgan fingerprint density at radius 3 is 1.07 bits per heavy atom. The van der Waals surface area contributed by atoms with E-state index in [1.54, 1.807) is 86.6 Å². The van der Waals surface area contributed by atoms with Gasteiger partial charge in [0.15, 0.2) is 39.3 Å². The van der Waals surface area contributed by atoms with E-state index in [4.69, 9.17) is 57.2 Å². The maximum atomic E-state index is 12.5. The molecule has 0 aliphatic heterocycles. The van der Waals surface area contributed by atoms with Gasteiger partial charge in [-0.25, -0.2) is 33.7 Å². The number of Topliss-reactive ketones (excluding diaryl/α,β-unsaturated/α-hetero) is 1. The van der Waals surface area contributed by atoms with Crippen LogP contribution in [-0.4, -0.2) is 74.5 Å². The van der Waals surface area contributed by atoms with E-state index in [2.05, 4.69) is 0 Å². The zero-order chi connectivity index (χ0) is 50.1. The maximum Gasteiger partial charge on any atom is 0.307 e. The van der Waals surface area contributed by atoms with Gasteiger partial charge in [-0.1, -0.05) is 109 Å². The van der Waals surface area contributed by atoms with Gasteiger partial charge in [-0.15, -0.1) is 0 Å². The van der Waals surface area contributed by atoms with Crippen LogP contribution in [0.2, 0.25) is 20.1 Å². The Kier molecular flexibility index (Phi) is 18.8. The third kappa shape index (κ3) is 15.6. The molecule has 12 nitrogen and oxygen atoms in total. The SMILES string of the molecule is CCS(=O)(=O)c1ccc(-c2c(Cl)cc(CC(=O)Cc3ccc(S(C)(=O)=O)cc3)cc2Cl)cc1.CCS(=O)(=O)c1ccc(-c2c(Cl)cc(N)cc2Cl)cc1.CS(=O)(=O)c1ccc(CC(=O)O)cc1. The first-order valence-corrected chi connectivity index (χ1v) is 28.4. The first-order valence-electron chi connectivity index (χ1n) is 19.9. The Balaban J connectivity index is 0.000000244. The van der Waals surface area contributed by atoms with Crippen LogP contribution in [0.15, 0.2) is 141 Å². The minimum atomic E-state index is -3.31. The molecule has 0 radical (unpaired) electrons. The molecule has 0 saturated carbocycles. The molecule has 0 aliphatic rings. The van der Waals surface area contributed by atoms with E-state index in [0.29, 0.717) is 59.2 Å². The standard InChI is InChI=1S/C24H22Cl2O5S2.C14H13Cl2NO2S.C9H10O4S/c1-3-33(30,31)21-10-6-18(7-11-21)24-22(25)14-17(15-23(24)26)13-19(27)12-16-4-8-20(9-5-16)32(2,28)29;1-2-20(18,19)11-5-3-9(4-6-11)14-12(15)7-10(17)8-13(14)16;1-14(12,13)8-4-2-7(3-5-8)6-9(10)11/h4-11,14-15H,3,12-13H2,1-2H3;3-8H,2,17H2,1H3;2-5H,6H2,1H3,(H,10,11). The van der Waals surface area contributed by atoms with Crippen LogP contribution in [-0.2, 0) is 68.2 Å². The lowest BCUT2D eigenvalue weighted by molar-refractivity contribution is -0.136.